The smallest absolute Gasteiger partial charge is 0.242 e. The summed E-state index contributed by atoms with van der Waals surface area (Å²) in [5, 5.41) is 5.74. The minimum atomic E-state index is -1.07. The lowest BCUT2D eigenvalue weighted by molar-refractivity contribution is -0.147. The van der Waals surface area contributed by atoms with Crippen LogP contribution in [-0.4, -0.2) is 183 Å². The Labute approximate surface area is 394 Å². The molecule has 1 aliphatic rings. The minimum absolute atomic E-state index is 0.0176. The number of carbonyl (C=O) groups is 6. The Balaban J connectivity index is 3.44. The van der Waals surface area contributed by atoms with E-state index in [2.05, 4.69) is 30.6 Å². The second kappa shape index (κ2) is 35.1. The molecular weight excluding hydrogens is 869 g/mol. The molecule has 0 aromatic heterocycles. The predicted octanol–water partition coefficient (Wildman–Crippen LogP) is -5.00. The molecule has 0 unspecified atom stereocenters. The molecule has 22 N–H and O–H groups in total. The molecule has 0 aromatic rings. The van der Waals surface area contributed by atoms with Gasteiger partial charge in [-0.25, -0.2) is 0 Å². The van der Waals surface area contributed by atoms with E-state index in [4.69, 9.17) is 57.3 Å². The first kappa shape index (κ1) is 58.8. The molecular formula is C41H82N20O6. The first-order chi connectivity index (χ1) is 31.9. The van der Waals surface area contributed by atoms with Gasteiger partial charge in [0, 0.05) is 52.4 Å². The van der Waals surface area contributed by atoms with Crippen molar-refractivity contribution in [3.05, 3.63) is 0 Å². The van der Waals surface area contributed by atoms with E-state index in [0.29, 0.717) is 25.9 Å². The molecule has 382 valence electrons. The van der Waals surface area contributed by atoms with E-state index in [9.17, 15) is 28.8 Å². The fourth-order valence-electron chi connectivity index (χ4n) is 7.27. The van der Waals surface area contributed by atoms with Crippen molar-refractivity contribution in [2.24, 2.45) is 83.2 Å². The Morgan fingerprint density at radius 1 is 0.507 bits per heavy atom. The van der Waals surface area contributed by atoms with E-state index in [1.165, 1.54) is 19.6 Å². The Morgan fingerprint density at radius 3 is 1.42 bits per heavy atom. The Bertz CT molecular complexity index is 1620. The van der Waals surface area contributed by atoms with Gasteiger partial charge in [0.05, 0.1) is 32.7 Å². The van der Waals surface area contributed by atoms with Crippen molar-refractivity contribution in [2.75, 3.05) is 98.2 Å². The van der Waals surface area contributed by atoms with Gasteiger partial charge < -0.3 is 87.6 Å². The average Bonchev–Trinajstić information content (AvgIpc) is 3.26. The molecule has 67 heavy (non-hydrogen) atoms. The third-order valence-corrected chi connectivity index (χ3v) is 10.8. The van der Waals surface area contributed by atoms with E-state index in [1.54, 1.807) is 0 Å². The number of unbranched alkanes of at least 4 members (excludes halogenated alkanes) is 3. The number of hydrogen-bond acceptors (Lipinski definition) is 12. The number of amides is 6. The number of aliphatic imine (C=N–C) groups is 4. The van der Waals surface area contributed by atoms with Crippen molar-refractivity contribution < 1.29 is 28.8 Å². The summed E-state index contributed by atoms with van der Waals surface area (Å²) in [5.74, 6) is -3.82. The van der Waals surface area contributed by atoms with E-state index in [0.717, 1.165) is 57.8 Å². The molecule has 1 saturated carbocycles. The van der Waals surface area contributed by atoms with Gasteiger partial charge in [-0.3, -0.25) is 48.7 Å². The van der Waals surface area contributed by atoms with E-state index in [1.807, 2.05) is 0 Å². The third kappa shape index (κ3) is 29.2. The average molecular weight is 951 g/mol. The number of nitrogens with one attached hydrogen (secondary N) is 2. The summed E-state index contributed by atoms with van der Waals surface area (Å²) in [7, 11) is 0. The van der Waals surface area contributed by atoms with Crippen molar-refractivity contribution in [3.63, 3.8) is 0 Å². The highest BCUT2D eigenvalue weighted by Crippen LogP contribution is 2.24. The van der Waals surface area contributed by atoms with Crippen molar-refractivity contribution in [1.82, 2.24) is 30.2 Å². The molecule has 26 nitrogen and oxygen atoms in total. The number of carbonyl (C=O) groups excluding carboxylic acids is 6. The molecule has 0 saturated heterocycles. The van der Waals surface area contributed by atoms with Gasteiger partial charge in [-0.1, -0.05) is 32.1 Å². The van der Waals surface area contributed by atoms with Crippen LogP contribution in [0.5, 0.6) is 0 Å². The fourth-order valence-corrected chi connectivity index (χ4v) is 7.27. The first-order valence-electron chi connectivity index (χ1n) is 23.2. The van der Waals surface area contributed by atoms with E-state index in [-0.39, 0.29) is 120 Å². The molecule has 26 heteroatoms. The molecule has 1 atom stereocenters. The van der Waals surface area contributed by atoms with E-state index >= 15 is 0 Å². The summed E-state index contributed by atoms with van der Waals surface area (Å²) >= 11 is 0. The number of nitrogens with two attached hydrogens (primary N) is 10. The van der Waals surface area contributed by atoms with Crippen molar-refractivity contribution in [1.29, 1.82) is 0 Å². The second-order valence-electron chi connectivity index (χ2n) is 16.6. The third-order valence-electron chi connectivity index (χ3n) is 10.8. The zero-order valence-corrected chi connectivity index (χ0v) is 39.5. The minimum Gasteiger partial charge on any atom is -0.370 e. The van der Waals surface area contributed by atoms with Gasteiger partial charge in [0.15, 0.2) is 23.8 Å². The highest BCUT2D eigenvalue weighted by molar-refractivity contribution is 5.92. The second-order valence-corrected chi connectivity index (χ2v) is 16.6. The number of guanidine groups is 4. The van der Waals surface area contributed by atoms with Crippen LogP contribution in [0.15, 0.2) is 20.0 Å². The maximum Gasteiger partial charge on any atom is 0.242 e. The lowest BCUT2D eigenvalue weighted by Crippen LogP contribution is -2.53. The molecule has 0 aliphatic heterocycles. The number of rotatable bonds is 36. The molecule has 1 fully saturated rings. The topological polar surface area (TPSA) is 449 Å². The standard InChI is InChI=1S/C41H82N20O6/c42-15-6-1-2-7-16-52-24-33(63)59(22-10-19-55-40(48)49)27-34(64)60(23-11-20-56-41(50)51)28-36(66)61(25-30-12-4-3-5-13-30)29-35(65)58(21-9-18-54-39(46)47)26-32(62)57-31(37(43)67)14-8-17-53-38(44)45/h30-31,52H,1-29,42H2,(H2,43,67)(H,57,62)(H4,44,45,53)(H4,46,47,54)(H4,48,49,55)(H4,50,51,56)/t31-/m1/s1. The maximum atomic E-state index is 14.5. The van der Waals surface area contributed by atoms with Crippen molar-refractivity contribution in [2.45, 2.75) is 95.9 Å². The normalized spacial score (nSPS) is 12.7. The molecule has 0 spiro atoms. The highest BCUT2D eigenvalue weighted by atomic mass is 16.2. The zero-order valence-electron chi connectivity index (χ0n) is 39.5. The maximum absolute atomic E-state index is 14.5. The highest BCUT2D eigenvalue weighted by Gasteiger charge is 2.30. The Morgan fingerprint density at radius 2 is 0.940 bits per heavy atom. The predicted molar refractivity (Wildman–Crippen MR) is 260 cm³/mol. The molecule has 0 radical (unpaired) electrons. The van der Waals surface area contributed by atoms with Crippen LogP contribution in [0, 0.1) is 5.92 Å². The lowest BCUT2D eigenvalue weighted by Gasteiger charge is -2.33. The van der Waals surface area contributed by atoms with Gasteiger partial charge in [-0.15, -0.1) is 0 Å². The molecule has 1 aliphatic carbocycles. The van der Waals surface area contributed by atoms with Crippen LogP contribution in [0.1, 0.15) is 89.9 Å². The molecule has 1 rings (SSSR count). The van der Waals surface area contributed by atoms with Gasteiger partial charge in [0.2, 0.25) is 35.4 Å². The molecule has 0 aromatic carbocycles. The lowest BCUT2D eigenvalue weighted by atomic mass is 9.89. The molecule has 0 heterocycles. The Hall–Kier alpha value is -6.18. The van der Waals surface area contributed by atoms with Gasteiger partial charge in [-0.05, 0) is 76.8 Å². The van der Waals surface area contributed by atoms with Gasteiger partial charge >= 0.3 is 0 Å². The van der Waals surface area contributed by atoms with Gasteiger partial charge in [0.1, 0.15) is 6.04 Å². The van der Waals surface area contributed by atoms with Crippen LogP contribution in [0.25, 0.3) is 0 Å². The largest absolute Gasteiger partial charge is 0.370 e. The van der Waals surface area contributed by atoms with Crippen LogP contribution in [0.3, 0.4) is 0 Å². The van der Waals surface area contributed by atoms with Gasteiger partial charge in [0.25, 0.3) is 0 Å². The number of nitrogens with zero attached hydrogens (tertiary/aromatic N) is 8. The van der Waals surface area contributed by atoms with Gasteiger partial charge in [-0.2, -0.15) is 0 Å². The summed E-state index contributed by atoms with van der Waals surface area (Å²) in [6, 6.07) is -1.07. The summed E-state index contributed by atoms with van der Waals surface area (Å²) in [4.78, 5) is 103. The number of hydrogen-bond donors (Lipinski definition) is 12. The van der Waals surface area contributed by atoms with Crippen LogP contribution in [0.4, 0.5) is 0 Å². The summed E-state index contributed by atoms with van der Waals surface area (Å²) in [5.41, 5.74) is 55.1. The van der Waals surface area contributed by atoms with Crippen LogP contribution in [-0.2, 0) is 28.8 Å². The van der Waals surface area contributed by atoms with Crippen LogP contribution in [0.2, 0.25) is 0 Å². The first-order valence-corrected chi connectivity index (χ1v) is 23.2. The van der Waals surface area contributed by atoms with Crippen LogP contribution >= 0.6 is 0 Å². The molecule has 0 bridgehead atoms. The van der Waals surface area contributed by atoms with Crippen LogP contribution < -0.4 is 68.0 Å². The SMILES string of the molecule is NCCCCCCNCC(=O)N(CCCN=C(N)N)CC(=O)N(CCCN=C(N)N)CC(=O)N(CC(=O)N(CCCN=C(N)N)CC(=O)N[C@H](CCCN=C(N)N)C(N)=O)CC1CCCCC1. The summed E-state index contributed by atoms with van der Waals surface area (Å²) in [6.07, 6.45) is 9.71. The Kier molecular flexibility index (Phi) is 30.8. The number of primary amides is 1. The summed E-state index contributed by atoms with van der Waals surface area (Å²) in [6.45, 7) is 0.691. The van der Waals surface area contributed by atoms with Crippen molar-refractivity contribution >= 4 is 59.3 Å². The zero-order chi connectivity index (χ0) is 50.0. The quantitative estimate of drug-likeness (QED) is 0.0159. The fraction of sp³-hybridized carbons (Fsp3) is 0.756. The monoisotopic (exact) mass is 951 g/mol. The van der Waals surface area contributed by atoms with E-state index < -0.39 is 55.2 Å². The molecule has 6 amide bonds. The van der Waals surface area contributed by atoms with Crippen molar-refractivity contribution in [3.8, 4) is 0 Å². The summed E-state index contributed by atoms with van der Waals surface area (Å²) < 4.78 is 0.